The van der Waals surface area contributed by atoms with Gasteiger partial charge in [0.15, 0.2) is 0 Å². The molecule has 0 saturated heterocycles. The number of hydrogen-bond donors (Lipinski definition) is 1. The number of ether oxygens (including phenoxy) is 1. The maximum atomic E-state index is 5.97. The van der Waals surface area contributed by atoms with Crippen molar-refractivity contribution in [3.8, 4) is 0 Å². The SMILES string of the molecule is CC(C)NCCCCOC1CCCCC1C. The number of rotatable bonds is 7. The number of nitrogens with one attached hydrogen (secondary N) is 1. The Hall–Kier alpha value is -0.0800. The standard InChI is InChI=1S/C14H29NO/c1-12(2)15-10-6-7-11-16-14-9-5-4-8-13(14)3/h12-15H,4-11H2,1-3H3. The van der Waals surface area contributed by atoms with Crippen molar-refractivity contribution in [2.24, 2.45) is 5.92 Å². The van der Waals surface area contributed by atoms with Crippen molar-refractivity contribution in [3.63, 3.8) is 0 Å². The summed E-state index contributed by atoms with van der Waals surface area (Å²) in [5, 5.41) is 3.44. The monoisotopic (exact) mass is 227 g/mol. The molecule has 0 heterocycles. The first-order valence-corrected chi connectivity index (χ1v) is 7.05. The van der Waals surface area contributed by atoms with Crippen molar-refractivity contribution in [1.82, 2.24) is 5.32 Å². The van der Waals surface area contributed by atoms with Gasteiger partial charge in [0.2, 0.25) is 0 Å². The Labute approximate surface area is 101 Å². The molecule has 0 aromatic carbocycles. The molecule has 0 aromatic rings. The zero-order valence-electron chi connectivity index (χ0n) is 11.3. The summed E-state index contributed by atoms with van der Waals surface area (Å²) in [5.41, 5.74) is 0. The summed E-state index contributed by atoms with van der Waals surface area (Å²) in [6, 6.07) is 0.610. The molecule has 0 spiro atoms. The van der Waals surface area contributed by atoms with Gasteiger partial charge in [-0.3, -0.25) is 0 Å². The van der Waals surface area contributed by atoms with E-state index in [4.69, 9.17) is 4.74 Å². The Morgan fingerprint density at radius 3 is 2.62 bits per heavy atom. The Bertz CT molecular complexity index is 170. The highest BCUT2D eigenvalue weighted by molar-refractivity contribution is 4.72. The molecule has 2 unspecified atom stereocenters. The Kier molecular flexibility index (Phi) is 7.06. The predicted octanol–water partition coefficient (Wildman–Crippen LogP) is 3.36. The molecule has 1 aliphatic carbocycles. The second-order valence-corrected chi connectivity index (χ2v) is 5.49. The fraction of sp³-hybridized carbons (Fsp3) is 1.00. The molecule has 0 aromatic heterocycles. The van der Waals surface area contributed by atoms with Gasteiger partial charge in [-0.2, -0.15) is 0 Å². The minimum atomic E-state index is 0.548. The highest BCUT2D eigenvalue weighted by atomic mass is 16.5. The normalized spacial score (nSPS) is 26.2. The molecule has 2 heteroatoms. The molecule has 16 heavy (non-hydrogen) atoms. The van der Waals surface area contributed by atoms with Crippen LogP contribution in [0.25, 0.3) is 0 Å². The van der Waals surface area contributed by atoms with Gasteiger partial charge in [0.05, 0.1) is 6.10 Å². The third-order valence-corrected chi connectivity index (χ3v) is 3.49. The second-order valence-electron chi connectivity index (χ2n) is 5.49. The quantitative estimate of drug-likeness (QED) is 0.673. The van der Waals surface area contributed by atoms with Crippen LogP contribution in [0.5, 0.6) is 0 Å². The minimum Gasteiger partial charge on any atom is -0.378 e. The maximum Gasteiger partial charge on any atom is 0.0600 e. The van der Waals surface area contributed by atoms with E-state index in [9.17, 15) is 0 Å². The molecule has 1 N–H and O–H groups in total. The Balaban J connectivity index is 1.94. The molecule has 0 radical (unpaired) electrons. The van der Waals surface area contributed by atoms with Crippen LogP contribution in [-0.2, 0) is 4.74 Å². The predicted molar refractivity (Wildman–Crippen MR) is 69.7 cm³/mol. The largest absolute Gasteiger partial charge is 0.378 e. The third kappa shape index (κ3) is 5.86. The van der Waals surface area contributed by atoms with Crippen LogP contribution in [-0.4, -0.2) is 25.3 Å². The fourth-order valence-electron chi connectivity index (χ4n) is 2.38. The van der Waals surface area contributed by atoms with Crippen molar-refractivity contribution in [2.45, 2.75) is 71.4 Å². The van der Waals surface area contributed by atoms with E-state index in [1.807, 2.05) is 0 Å². The lowest BCUT2D eigenvalue weighted by molar-refractivity contribution is -0.00639. The van der Waals surface area contributed by atoms with Gasteiger partial charge < -0.3 is 10.1 Å². The van der Waals surface area contributed by atoms with Crippen LogP contribution in [0, 0.1) is 5.92 Å². The highest BCUT2D eigenvalue weighted by Gasteiger charge is 2.21. The lowest BCUT2D eigenvalue weighted by Crippen LogP contribution is -2.26. The summed E-state index contributed by atoms with van der Waals surface area (Å²) in [7, 11) is 0. The average Bonchev–Trinajstić information content (AvgIpc) is 2.25. The van der Waals surface area contributed by atoms with Gasteiger partial charge in [-0.1, -0.05) is 33.6 Å². The van der Waals surface area contributed by atoms with E-state index in [0.29, 0.717) is 12.1 Å². The van der Waals surface area contributed by atoms with E-state index in [1.54, 1.807) is 0 Å². The van der Waals surface area contributed by atoms with Gasteiger partial charge in [0, 0.05) is 12.6 Å². The molecule has 1 aliphatic rings. The summed E-state index contributed by atoms with van der Waals surface area (Å²) in [4.78, 5) is 0. The van der Waals surface area contributed by atoms with E-state index in [2.05, 4.69) is 26.1 Å². The molecule has 2 atom stereocenters. The Morgan fingerprint density at radius 1 is 1.19 bits per heavy atom. The summed E-state index contributed by atoms with van der Waals surface area (Å²) in [6.07, 6.45) is 8.39. The first-order chi connectivity index (χ1) is 7.70. The first-order valence-electron chi connectivity index (χ1n) is 7.05. The van der Waals surface area contributed by atoms with Crippen LogP contribution in [0.1, 0.15) is 59.3 Å². The Morgan fingerprint density at radius 2 is 1.94 bits per heavy atom. The van der Waals surface area contributed by atoms with E-state index < -0.39 is 0 Å². The van der Waals surface area contributed by atoms with Crippen molar-refractivity contribution < 1.29 is 4.74 Å². The van der Waals surface area contributed by atoms with Crippen LogP contribution < -0.4 is 5.32 Å². The molecule has 0 amide bonds. The van der Waals surface area contributed by atoms with Crippen LogP contribution in [0.15, 0.2) is 0 Å². The molecular weight excluding hydrogens is 198 g/mol. The van der Waals surface area contributed by atoms with E-state index in [0.717, 1.165) is 19.1 Å². The summed E-state index contributed by atoms with van der Waals surface area (Å²) in [6.45, 7) is 8.81. The van der Waals surface area contributed by atoms with Crippen molar-refractivity contribution >= 4 is 0 Å². The third-order valence-electron chi connectivity index (χ3n) is 3.49. The molecule has 1 saturated carbocycles. The van der Waals surface area contributed by atoms with Crippen LogP contribution in [0.3, 0.4) is 0 Å². The average molecular weight is 227 g/mol. The van der Waals surface area contributed by atoms with Gasteiger partial charge >= 0.3 is 0 Å². The van der Waals surface area contributed by atoms with E-state index in [1.165, 1.54) is 38.5 Å². The lowest BCUT2D eigenvalue weighted by Gasteiger charge is -2.28. The zero-order valence-corrected chi connectivity index (χ0v) is 11.3. The van der Waals surface area contributed by atoms with Crippen molar-refractivity contribution in [1.29, 1.82) is 0 Å². The molecule has 1 fully saturated rings. The van der Waals surface area contributed by atoms with Crippen LogP contribution in [0.4, 0.5) is 0 Å². The second kappa shape index (κ2) is 8.08. The van der Waals surface area contributed by atoms with E-state index >= 15 is 0 Å². The zero-order chi connectivity index (χ0) is 11.8. The summed E-state index contributed by atoms with van der Waals surface area (Å²) in [5.74, 6) is 0.780. The number of hydrogen-bond acceptors (Lipinski definition) is 2. The van der Waals surface area contributed by atoms with E-state index in [-0.39, 0.29) is 0 Å². The maximum absolute atomic E-state index is 5.97. The molecule has 2 nitrogen and oxygen atoms in total. The molecule has 0 bridgehead atoms. The van der Waals surface area contributed by atoms with Crippen molar-refractivity contribution in [2.75, 3.05) is 13.2 Å². The van der Waals surface area contributed by atoms with Gasteiger partial charge in [0.1, 0.15) is 0 Å². The number of unbranched alkanes of at least 4 members (excludes halogenated alkanes) is 1. The van der Waals surface area contributed by atoms with Gasteiger partial charge in [-0.05, 0) is 38.1 Å². The fourth-order valence-corrected chi connectivity index (χ4v) is 2.38. The highest BCUT2D eigenvalue weighted by Crippen LogP contribution is 2.26. The van der Waals surface area contributed by atoms with Gasteiger partial charge in [-0.15, -0.1) is 0 Å². The van der Waals surface area contributed by atoms with Gasteiger partial charge in [-0.25, -0.2) is 0 Å². The van der Waals surface area contributed by atoms with Gasteiger partial charge in [0.25, 0.3) is 0 Å². The molecular formula is C14H29NO. The lowest BCUT2D eigenvalue weighted by atomic mass is 9.88. The molecule has 96 valence electrons. The topological polar surface area (TPSA) is 21.3 Å². The minimum absolute atomic E-state index is 0.548. The molecule has 0 aliphatic heterocycles. The summed E-state index contributed by atoms with van der Waals surface area (Å²) < 4.78 is 5.97. The van der Waals surface area contributed by atoms with Crippen LogP contribution in [0.2, 0.25) is 0 Å². The first kappa shape index (κ1) is 14.0. The van der Waals surface area contributed by atoms with Crippen molar-refractivity contribution in [3.05, 3.63) is 0 Å². The summed E-state index contributed by atoms with van der Waals surface area (Å²) >= 11 is 0. The smallest absolute Gasteiger partial charge is 0.0600 e. The van der Waals surface area contributed by atoms with Crippen LogP contribution >= 0.6 is 0 Å². The molecule has 1 rings (SSSR count).